The van der Waals surface area contributed by atoms with Gasteiger partial charge >= 0.3 is 5.63 Å². The normalized spacial score (nSPS) is 11.5. The van der Waals surface area contributed by atoms with Crippen molar-refractivity contribution in [3.63, 3.8) is 0 Å². The molecular formula is C17H22ClNO3. The van der Waals surface area contributed by atoms with E-state index in [1.807, 2.05) is 26.1 Å². The SMILES string of the molecule is CCc1cc2oc(=O)cc(CN(C)CCCOC)c2cc1Cl. The third kappa shape index (κ3) is 4.09. The molecule has 0 spiro atoms. The van der Waals surface area contributed by atoms with Crippen LogP contribution in [0.15, 0.2) is 27.4 Å². The number of benzene rings is 1. The molecule has 1 aromatic carbocycles. The number of rotatable bonds is 7. The van der Waals surface area contributed by atoms with E-state index in [2.05, 4.69) is 4.90 Å². The van der Waals surface area contributed by atoms with Gasteiger partial charge in [-0.15, -0.1) is 0 Å². The standard InChI is InChI=1S/C17H22ClNO3/c1-4-12-8-16-14(10-15(12)18)13(9-17(20)22-16)11-19(2)6-5-7-21-3/h8-10H,4-7,11H2,1-3H3. The Morgan fingerprint density at radius 2 is 2.05 bits per heavy atom. The number of fused-ring (bicyclic) bond motifs is 1. The quantitative estimate of drug-likeness (QED) is 0.578. The maximum absolute atomic E-state index is 11.8. The van der Waals surface area contributed by atoms with E-state index in [1.54, 1.807) is 13.2 Å². The third-order valence-corrected chi connectivity index (χ3v) is 4.06. The summed E-state index contributed by atoms with van der Waals surface area (Å²) in [6.07, 6.45) is 1.76. The molecule has 0 saturated heterocycles. The van der Waals surface area contributed by atoms with Crippen molar-refractivity contribution in [3.8, 4) is 0 Å². The van der Waals surface area contributed by atoms with Crippen LogP contribution in [-0.4, -0.2) is 32.2 Å². The predicted molar refractivity (Wildman–Crippen MR) is 89.7 cm³/mol. The van der Waals surface area contributed by atoms with Crippen LogP contribution >= 0.6 is 11.6 Å². The van der Waals surface area contributed by atoms with Gasteiger partial charge < -0.3 is 14.1 Å². The van der Waals surface area contributed by atoms with Gasteiger partial charge in [0.25, 0.3) is 0 Å². The van der Waals surface area contributed by atoms with Gasteiger partial charge in [0.1, 0.15) is 5.58 Å². The molecular weight excluding hydrogens is 302 g/mol. The minimum atomic E-state index is -0.322. The highest BCUT2D eigenvalue weighted by atomic mass is 35.5. The van der Waals surface area contributed by atoms with E-state index in [4.69, 9.17) is 20.8 Å². The van der Waals surface area contributed by atoms with Crippen LogP contribution in [0.3, 0.4) is 0 Å². The Balaban J connectivity index is 2.32. The van der Waals surface area contributed by atoms with Gasteiger partial charge in [0, 0.05) is 43.3 Å². The Bertz CT molecular complexity index is 696. The van der Waals surface area contributed by atoms with Gasteiger partial charge in [0.05, 0.1) is 0 Å². The summed E-state index contributed by atoms with van der Waals surface area (Å²) < 4.78 is 10.4. The summed E-state index contributed by atoms with van der Waals surface area (Å²) in [5.74, 6) is 0. The smallest absolute Gasteiger partial charge is 0.336 e. The zero-order chi connectivity index (χ0) is 16.1. The molecule has 0 atom stereocenters. The lowest BCUT2D eigenvalue weighted by atomic mass is 10.1. The number of hydrogen-bond acceptors (Lipinski definition) is 4. The molecule has 4 nitrogen and oxygen atoms in total. The molecule has 0 amide bonds. The van der Waals surface area contributed by atoms with Crippen molar-refractivity contribution in [3.05, 3.63) is 44.8 Å². The molecule has 0 radical (unpaired) electrons. The summed E-state index contributed by atoms with van der Waals surface area (Å²) >= 11 is 6.30. The van der Waals surface area contributed by atoms with Crippen LogP contribution in [0.2, 0.25) is 5.02 Å². The minimum absolute atomic E-state index is 0.322. The van der Waals surface area contributed by atoms with Gasteiger partial charge in [-0.25, -0.2) is 4.79 Å². The molecule has 0 N–H and O–H groups in total. The number of hydrogen-bond donors (Lipinski definition) is 0. The molecule has 0 bridgehead atoms. The number of aryl methyl sites for hydroxylation is 1. The van der Waals surface area contributed by atoms with Crippen molar-refractivity contribution < 1.29 is 9.15 Å². The van der Waals surface area contributed by atoms with Crippen LogP contribution in [-0.2, 0) is 17.7 Å². The van der Waals surface area contributed by atoms with Crippen LogP contribution < -0.4 is 5.63 Å². The predicted octanol–water partition coefficient (Wildman–Crippen LogP) is 3.48. The maximum atomic E-state index is 11.8. The topological polar surface area (TPSA) is 42.7 Å². The first-order valence-corrected chi connectivity index (χ1v) is 7.85. The summed E-state index contributed by atoms with van der Waals surface area (Å²) in [6.45, 7) is 4.33. The first-order valence-electron chi connectivity index (χ1n) is 7.47. The van der Waals surface area contributed by atoms with Crippen molar-refractivity contribution in [1.29, 1.82) is 0 Å². The van der Waals surface area contributed by atoms with Gasteiger partial charge in [-0.2, -0.15) is 0 Å². The second kappa shape index (κ2) is 7.77. The number of halogens is 1. The van der Waals surface area contributed by atoms with Gasteiger partial charge in [-0.3, -0.25) is 0 Å². The molecule has 0 aliphatic rings. The first kappa shape index (κ1) is 17.0. The van der Waals surface area contributed by atoms with Gasteiger partial charge in [-0.1, -0.05) is 18.5 Å². The van der Waals surface area contributed by atoms with Crippen LogP contribution in [0.25, 0.3) is 11.0 Å². The first-order chi connectivity index (χ1) is 10.5. The van der Waals surface area contributed by atoms with Crippen molar-refractivity contribution in [2.75, 3.05) is 27.3 Å². The monoisotopic (exact) mass is 323 g/mol. The molecule has 1 aromatic heterocycles. The lowest BCUT2D eigenvalue weighted by Crippen LogP contribution is -2.21. The van der Waals surface area contributed by atoms with Crippen molar-refractivity contribution >= 4 is 22.6 Å². The zero-order valence-electron chi connectivity index (χ0n) is 13.3. The fourth-order valence-electron chi connectivity index (χ4n) is 2.54. The summed E-state index contributed by atoms with van der Waals surface area (Å²) in [7, 11) is 3.72. The summed E-state index contributed by atoms with van der Waals surface area (Å²) in [6, 6.07) is 5.32. The van der Waals surface area contributed by atoms with Gasteiger partial charge in [0.15, 0.2) is 0 Å². The van der Waals surface area contributed by atoms with Crippen LogP contribution in [0.4, 0.5) is 0 Å². The second-order valence-corrected chi connectivity index (χ2v) is 5.88. The Labute approximate surface area is 135 Å². The largest absolute Gasteiger partial charge is 0.423 e. The Morgan fingerprint density at radius 1 is 1.27 bits per heavy atom. The summed E-state index contributed by atoms with van der Waals surface area (Å²) in [5, 5.41) is 1.62. The zero-order valence-corrected chi connectivity index (χ0v) is 14.1. The number of nitrogens with zero attached hydrogens (tertiary/aromatic N) is 1. The highest BCUT2D eigenvalue weighted by molar-refractivity contribution is 6.32. The van der Waals surface area contributed by atoms with E-state index in [0.717, 1.165) is 42.5 Å². The fourth-order valence-corrected chi connectivity index (χ4v) is 2.84. The highest BCUT2D eigenvalue weighted by Gasteiger charge is 2.11. The van der Waals surface area contributed by atoms with E-state index in [9.17, 15) is 4.79 Å². The molecule has 2 rings (SSSR count). The van der Waals surface area contributed by atoms with Crippen molar-refractivity contribution in [2.45, 2.75) is 26.3 Å². The van der Waals surface area contributed by atoms with Crippen molar-refractivity contribution in [1.82, 2.24) is 4.90 Å². The molecule has 2 aromatic rings. The molecule has 1 heterocycles. The van der Waals surface area contributed by atoms with Crippen LogP contribution in [0.5, 0.6) is 0 Å². The molecule has 0 aliphatic carbocycles. The second-order valence-electron chi connectivity index (χ2n) is 5.47. The molecule has 0 saturated carbocycles. The van der Waals surface area contributed by atoms with E-state index in [1.165, 1.54) is 0 Å². The minimum Gasteiger partial charge on any atom is -0.423 e. The molecule has 0 unspecified atom stereocenters. The fraction of sp³-hybridized carbons (Fsp3) is 0.471. The summed E-state index contributed by atoms with van der Waals surface area (Å²) in [4.78, 5) is 14.0. The van der Waals surface area contributed by atoms with Gasteiger partial charge in [-0.05, 0) is 43.1 Å². The Kier molecular flexibility index (Phi) is 6.00. The van der Waals surface area contributed by atoms with E-state index >= 15 is 0 Å². The van der Waals surface area contributed by atoms with Gasteiger partial charge in [0.2, 0.25) is 0 Å². The van der Waals surface area contributed by atoms with E-state index in [-0.39, 0.29) is 5.63 Å². The van der Waals surface area contributed by atoms with Crippen LogP contribution in [0, 0.1) is 0 Å². The lowest BCUT2D eigenvalue weighted by molar-refractivity contribution is 0.178. The molecule has 120 valence electrons. The lowest BCUT2D eigenvalue weighted by Gasteiger charge is -2.17. The average Bonchev–Trinajstić information content (AvgIpc) is 2.47. The van der Waals surface area contributed by atoms with Crippen molar-refractivity contribution in [2.24, 2.45) is 0 Å². The molecule has 22 heavy (non-hydrogen) atoms. The number of ether oxygens (including phenoxy) is 1. The Hall–Kier alpha value is -1.36. The average molecular weight is 324 g/mol. The maximum Gasteiger partial charge on any atom is 0.336 e. The molecule has 0 fully saturated rings. The Morgan fingerprint density at radius 3 is 2.73 bits per heavy atom. The third-order valence-electron chi connectivity index (χ3n) is 3.71. The molecule has 0 aliphatic heterocycles. The highest BCUT2D eigenvalue weighted by Crippen LogP contribution is 2.26. The number of methoxy groups -OCH3 is 1. The van der Waals surface area contributed by atoms with E-state index in [0.29, 0.717) is 17.2 Å². The van der Waals surface area contributed by atoms with Crippen LogP contribution in [0.1, 0.15) is 24.5 Å². The molecule has 5 heteroatoms. The summed E-state index contributed by atoms with van der Waals surface area (Å²) in [5.41, 5.74) is 2.21. The van der Waals surface area contributed by atoms with E-state index < -0.39 is 0 Å².